The molecule has 5 atom stereocenters. The van der Waals surface area contributed by atoms with Crippen molar-refractivity contribution in [2.75, 3.05) is 13.2 Å². The van der Waals surface area contributed by atoms with Crippen LogP contribution in [0.25, 0.3) is 0 Å². The molecule has 1 fully saturated rings. The van der Waals surface area contributed by atoms with Gasteiger partial charge in [-0.05, 0) is 24.3 Å². The fourth-order valence-corrected chi connectivity index (χ4v) is 3.69. The molecular formula is C27H26O8. The predicted molar refractivity (Wildman–Crippen MR) is 124 cm³/mol. The molecule has 0 amide bonds. The summed E-state index contributed by atoms with van der Waals surface area (Å²) in [5.74, 6) is -1.20. The molecule has 0 radical (unpaired) electrons. The molecule has 1 unspecified atom stereocenters. The molecular weight excluding hydrogens is 452 g/mol. The first-order chi connectivity index (χ1) is 17.0. The van der Waals surface area contributed by atoms with Gasteiger partial charge in [-0.1, -0.05) is 66.7 Å². The number of esters is 2. The maximum Gasteiger partial charge on any atom is 0.338 e. The second-order valence-corrected chi connectivity index (χ2v) is 8.01. The Balaban J connectivity index is 1.42. The number of rotatable bonds is 9. The standard InChI is InChI=1S/C27H26O8/c28-21(16-32-25(30)18-10-4-1-5-11-18)23-24(35-27(34-23)20-14-8-3-9-15-20)22(29)17-33-26(31)19-12-6-2-7-13-19/h1-15,21-24,27-29H,16-17H2/t21-,22-,23-,24+,27?/m1/s1. The number of aliphatic hydroxyl groups excluding tert-OH is 2. The summed E-state index contributed by atoms with van der Waals surface area (Å²) in [5.41, 5.74) is 1.37. The van der Waals surface area contributed by atoms with Crippen molar-refractivity contribution in [3.8, 4) is 0 Å². The van der Waals surface area contributed by atoms with E-state index in [1.165, 1.54) is 0 Å². The molecule has 1 saturated heterocycles. The van der Waals surface area contributed by atoms with E-state index < -0.39 is 42.6 Å². The third kappa shape index (κ3) is 6.32. The Hall–Kier alpha value is -3.56. The lowest BCUT2D eigenvalue weighted by molar-refractivity contribution is -0.0966. The maximum atomic E-state index is 12.3. The Morgan fingerprint density at radius 1 is 0.657 bits per heavy atom. The molecule has 3 aromatic carbocycles. The van der Waals surface area contributed by atoms with Crippen LogP contribution in [0.5, 0.6) is 0 Å². The van der Waals surface area contributed by atoms with Gasteiger partial charge in [0.25, 0.3) is 0 Å². The normalized spacial score (nSPS) is 19.6. The first kappa shape index (κ1) is 24.6. The molecule has 8 heteroatoms. The molecule has 1 aliphatic heterocycles. The molecule has 0 saturated carbocycles. The van der Waals surface area contributed by atoms with Gasteiger partial charge in [-0.2, -0.15) is 0 Å². The highest BCUT2D eigenvalue weighted by molar-refractivity contribution is 5.89. The average Bonchev–Trinajstić information content (AvgIpc) is 3.37. The summed E-state index contributed by atoms with van der Waals surface area (Å²) in [4.78, 5) is 24.5. The summed E-state index contributed by atoms with van der Waals surface area (Å²) in [5, 5.41) is 21.6. The molecule has 182 valence electrons. The molecule has 8 nitrogen and oxygen atoms in total. The Morgan fingerprint density at radius 3 is 1.43 bits per heavy atom. The molecule has 0 spiro atoms. The Kier molecular flexibility index (Phi) is 8.23. The molecule has 2 N–H and O–H groups in total. The van der Waals surface area contributed by atoms with Gasteiger partial charge in [0.15, 0.2) is 6.29 Å². The van der Waals surface area contributed by atoms with Gasteiger partial charge in [0.2, 0.25) is 0 Å². The van der Waals surface area contributed by atoms with Crippen molar-refractivity contribution in [2.24, 2.45) is 0 Å². The van der Waals surface area contributed by atoms with Crippen molar-refractivity contribution in [3.63, 3.8) is 0 Å². The number of hydrogen-bond acceptors (Lipinski definition) is 8. The molecule has 3 aromatic rings. The van der Waals surface area contributed by atoms with E-state index in [9.17, 15) is 19.8 Å². The monoisotopic (exact) mass is 478 g/mol. The Bertz CT molecular complexity index is 1020. The van der Waals surface area contributed by atoms with Crippen LogP contribution in [0.2, 0.25) is 0 Å². The molecule has 4 rings (SSSR count). The molecule has 35 heavy (non-hydrogen) atoms. The fraction of sp³-hybridized carbons (Fsp3) is 0.259. The second-order valence-electron chi connectivity index (χ2n) is 8.01. The lowest BCUT2D eigenvalue weighted by atomic mass is 10.0. The van der Waals surface area contributed by atoms with Gasteiger partial charge in [0.1, 0.15) is 37.6 Å². The van der Waals surface area contributed by atoms with Gasteiger partial charge in [-0.3, -0.25) is 0 Å². The minimum Gasteiger partial charge on any atom is -0.459 e. The lowest BCUT2D eigenvalue weighted by Gasteiger charge is -2.25. The highest BCUT2D eigenvalue weighted by Crippen LogP contribution is 2.34. The van der Waals surface area contributed by atoms with E-state index in [0.717, 1.165) is 0 Å². The van der Waals surface area contributed by atoms with E-state index in [1.807, 2.05) is 6.07 Å². The van der Waals surface area contributed by atoms with E-state index in [0.29, 0.717) is 16.7 Å². The lowest BCUT2D eigenvalue weighted by Crippen LogP contribution is -2.46. The van der Waals surface area contributed by atoms with Crippen LogP contribution < -0.4 is 0 Å². The zero-order chi connectivity index (χ0) is 24.6. The molecule has 0 aliphatic carbocycles. The first-order valence-electron chi connectivity index (χ1n) is 11.2. The van der Waals surface area contributed by atoms with Gasteiger partial charge in [0.05, 0.1) is 11.1 Å². The summed E-state index contributed by atoms with van der Waals surface area (Å²) in [6.07, 6.45) is -5.57. The van der Waals surface area contributed by atoms with E-state index in [4.69, 9.17) is 18.9 Å². The van der Waals surface area contributed by atoms with E-state index in [-0.39, 0.29) is 13.2 Å². The topological polar surface area (TPSA) is 112 Å². The van der Waals surface area contributed by atoms with Crippen LogP contribution in [-0.4, -0.2) is 59.8 Å². The summed E-state index contributed by atoms with van der Waals surface area (Å²) in [7, 11) is 0. The second kappa shape index (κ2) is 11.7. The van der Waals surface area contributed by atoms with E-state index >= 15 is 0 Å². The van der Waals surface area contributed by atoms with Gasteiger partial charge >= 0.3 is 11.9 Å². The average molecular weight is 478 g/mol. The minimum atomic E-state index is -1.30. The largest absolute Gasteiger partial charge is 0.459 e. The Morgan fingerprint density at radius 2 is 1.03 bits per heavy atom. The number of aliphatic hydroxyl groups is 2. The van der Waals surface area contributed by atoms with Crippen molar-refractivity contribution in [1.82, 2.24) is 0 Å². The Labute approximate surface area is 202 Å². The molecule has 0 aromatic heterocycles. The van der Waals surface area contributed by atoms with E-state index in [1.54, 1.807) is 84.9 Å². The van der Waals surface area contributed by atoms with Gasteiger partial charge in [-0.15, -0.1) is 0 Å². The number of hydrogen-bond donors (Lipinski definition) is 2. The predicted octanol–water partition coefficient (Wildman–Crippen LogP) is 2.91. The quantitative estimate of drug-likeness (QED) is 0.452. The molecule has 1 aliphatic rings. The van der Waals surface area contributed by atoms with Crippen LogP contribution in [0.15, 0.2) is 91.0 Å². The number of carbonyl (C=O) groups is 2. The van der Waals surface area contributed by atoms with Crippen molar-refractivity contribution in [3.05, 3.63) is 108 Å². The van der Waals surface area contributed by atoms with Crippen LogP contribution in [0.4, 0.5) is 0 Å². The summed E-state index contributed by atoms with van der Waals surface area (Å²) >= 11 is 0. The third-order valence-electron chi connectivity index (χ3n) is 5.50. The van der Waals surface area contributed by atoms with Crippen LogP contribution >= 0.6 is 0 Å². The van der Waals surface area contributed by atoms with Gasteiger partial charge < -0.3 is 29.2 Å². The van der Waals surface area contributed by atoms with Crippen molar-refractivity contribution >= 4 is 11.9 Å². The third-order valence-corrected chi connectivity index (χ3v) is 5.50. The van der Waals surface area contributed by atoms with Crippen LogP contribution in [0.3, 0.4) is 0 Å². The SMILES string of the molecule is O=C(OC[C@@H](O)[C@@H]1OC(c2ccccc2)O[C@@H]1[C@H](O)COC(=O)c1ccccc1)c1ccccc1. The zero-order valence-electron chi connectivity index (χ0n) is 18.8. The summed E-state index contributed by atoms with van der Waals surface area (Å²) < 4.78 is 22.3. The van der Waals surface area contributed by atoms with Gasteiger partial charge in [0, 0.05) is 5.56 Å². The summed E-state index contributed by atoms with van der Waals surface area (Å²) in [6, 6.07) is 25.8. The van der Waals surface area contributed by atoms with Crippen molar-refractivity contribution < 1.29 is 38.7 Å². The van der Waals surface area contributed by atoms with Crippen molar-refractivity contribution in [2.45, 2.75) is 30.7 Å². The summed E-state index contributed by atoms with van der Waals surface area (Å²) in [6.45, 7) is -0.757. The van der Waals surface area contributed by atoms with Crippen LogP contribution in [0, 0.1) is 0 Å². The minimum absolute atomic E-state index is 0.342. The first-order valence-corrected chi connectivity index (χ1v) is 11.2. The highest BCUT2D eigenvalue weighted by Gasteiger charge is 2.45. The zero-order valence-corrected chi connectivity index (χ0v) is 18.8. The van der Waals surface area contributed by atoms with Crippen LogP contribution in [0.1, 0.15) is 32.6 Å². The highest BCUT2D eigenvalue weighted by atomic mass is 16.7. The van der Waals surface area contributed by atoms with Crippen molar-refractivity contribution in [1.29, 1.82) is 0 Å². The number of benzene rings is 3. The molecule has 1 heterocycles. The number of ether oxygens (including phenoxy) is 4. The maximum absolute atomic E-state index is 12.3. The van der Waals surface area contributed by atoms with Gasteiger partial charge in [-0.25, -0.2) is 9.59 Å². The van der Waals surface area contributed by atoms with Crippen LogP contribution in [-0.2, 0) is 18.9 Å². The fourth-order valence-electron chi connectivity index (χ4n) is 3.69. The smallest absolute Gasteiger partial charge is 0.338 e. The number of carbonyl (C=O) groups excluding carboxylic acids is 2. The van der Waals surface area contributed by atoms with E-state index in [2.05, 4.69) is 0 Å². The molecule has 0 bridgehead atoms.